The molecule has 0 saturated carbocycles. The highest BCUT2D eigenvalue weighted by atomic mass is 16.4. The van der Waals surface area contributed by atoms with E-state index < -0.39 is 0 Å². The number of nitrogens with zero attached hydrogens (tertiary/aromatic N) is 4. The second kappa shape index (κ2) is 5.46. The highest BCUT2D eigenvalue weighted by Gasteiger charge is 2.20. The van der Waals surface area contributed by atoms with Crippen LogP contribution in [0.5, 0.6) is 0 Å². The highest BCUT2D eigenvalue weighted by Crippen LogP contribution is 2.18. The van der Waals surface area contributed by atoms with Crippen LogP contribution in [0.1, 0.15) is 25.8 Å². The molecular formula is C11H21N5O. The Morgan fingerprint density at radius 2 is 2.00 bits per heavy atom. The first-order chi connectivity index (χ1) is 8.20. The minimum absolute atomic E-state index is 0.119. The molecule has 1 atom stereocenters. The molecule has 0 aromatic carbocycles. The molecule has 0 radical (unpaired) electrons. The van der Waals surface area contributed by atoms with Crippen molar-refractivity contribution >= 4 is 6.01 Å². The van der Waals surface area contributed by atoms with E-state index in [0.717, 1.165) is 32.7 Å². The predicted molar refractivity (Wildman–Crippen MR) is 66.1 cm³/mol. The average molecular weight is 239 g/mol. The Morgan fingerprint density at radius 1 is 1.29 bits per heavy atom. The fourth-order valence-electron chi connectivity index (χ4n) is 1.92. The Hall–Kier alpha value is -1.14. The molecule has 0 amide bonds. The van der Waals surface area contributed by atoms with Gasteiger partial charge in [0, 0.05) is 26.2 Å². The topological polar surface area (TPSA) is 57.4 Å². The molecule has 1 N–H and O–H groups in total. The summed E-state index contributed by atoms with van der Waals surface area (Å²) in [6.45, 7) is 8.98. The molecule has 1 aromatic heterocycles. The summed E-state index contributed by atoms with van der Waals surface area (Å²) < 4.78 is 5.70. The Balaban J connectivity index is 1.98. The van der Waals surface area contributed by atoms with Gasteiger partial charge < -0.3 is 19.5 Å². The molecule has 2 heterocycles. The molecule has 1 unspecified atom stereocenters. The van der Waals surface area contributed by atoms with Crippen LogP contribution in [0.2, 0.25) is 0 Å². The van der Waals surface area contributed by atoms with Crippen LogP contribution in [-0.4, -0.2) is 54.9 Å². The zero-order valence-corrected chi connectivity index (χ0v) is 10.8. The van der Waals surface area contributed by atoms with Crippen molar-refractivity contribution in [1.82, 2.24) is 20.4 Å². The van der Waals surface area contributed by atoms with Crippen LogP contribution in [0.4, 0.5) is 6.01 Å². The number of hydrogen-bond acceptors (Lipinski definition) is 6. The molecule has 1 aliphatic rings. The lowest BCUT2D eigenvalue weighted by molar-refractivity contribution is 0.302. The van der Waals surface area contributed by atoms with E-state index in [1.807, 2.05) is 6.92 Å². The van der Waals surface area contributed by atoms with Crippen molar-refractivity contribution < 1.29 is 4.42 Å². The van der Waals surface area contributed by atoms with E-state index >= 15 is 0 Å². The van der Waals surface area contributed by atoms with Crippen molar-refractivity contribution in [2.24, 2.45) is 0 Å². The molecular weight excluding hydrogens is 218 g/mol. The summed E-state index contributed by atoms with van der Waals surface area (Å²) in [5.41, 5.74) is 0. The SMILES string of the molecule is CCNC(C)c1nnc(N2CCN(C)CC2)o1. The van der Waals surface area contributed by atoms with Crippen LogP contribution in [0.3, 0.4) is 0 Å². The van der Waals surface area contributed by atoms with Crippen LogP contribution < -0.4 is 10.2 Å². The maximum absolute atomic E-state index is 5.70. The summed E-state index contributed by atoms with van der Waals surface area (Å²) >= 11 is 0. The van der Waals surface area contributed by atoms with Gasteiger partial charge in [0.1, 0.15) is 0 Å². The number of rotatable bonds is 4. The number of likely N-dealkylation sites (N-methyl/N-ethyl adjacent to an activating group) is 1. The van der Waals surface area contributed by atoms with Gasteiger partial charge in [-0.1, -0.05) is 12.0 Å². The number of hydrogen-bond donors (Lipinski definition) is 1. The molecule has 1 aromatic rings. The van der Waals surface area contributed by atoms with Crippen LogP contribution >= 0.6 is 0 Å². The van der Waals surface area contributed by atoms with Crippen molar-refractivity contribution in [1.29, 1.82) is 0 Å². The van der Waals surface area contributed by atoms with Gasteiger partial charge in [-0.05, 0) is 20.5 Å². The Bertz CT molecular complexity index is 345. The fourth-order valence-corrected chi connectivity index (χ4v) is 1.92. The quantitative estimate of drug-likeness (QED) is 0.825. The second-order valence-corrected chi connectivity index (χ2v) is 4.49. The summed E-state index contributed by atoms with van der Waals surface area (Å²) in [6, 6.07) is 0.770. The molecule has 1 fully saturated rings. The lowest BCUT2D eigenvalue weighted by atomic mass is 10.3. The van der Waals surface area contributed by atoms with Gasteiger partial charge in [-0.25, -0.2) is 0 Å². The predicted octanol–water partition coefficient (Wildman–Crippen LogP) is 0.492. The number of anilines is 1. The van der Waals surface area contributed by atoms with Crippen molar-refractivity contribution in [3.8, 4) is 0 Å². The van der Waals surface area contributed by atoms with Crippen LogP contribution in [0.25, 0.3) is 0 Å². The van der Waals surface area contributed by atoms with Crippen molar-refractivity contribution in [3.05, 3.63) is 5.89 Å². The lowest BCUT2D eigenvalue weighted by Gasteiger charge is -2.30. The monoisotopic (exact) mass is 239 g/mol. The van der Waals surface area contributed by atoms with Crippen molar-refractivity contribution in [3.63, 3.8) is 0 Å². The van der Waals surface area contributed by atoms with E-state index in [0.29, 0.717) is 11.9 Å². The van der Waals surface area contributed by atoms with Gasteiger partial charge in [0.2, 0.25) is 5.89 Å². The summed E-state index contributed by atoms with van der Waals surface area (Å²) in [4.78, 5) is 4.45. The van der Waals surface area contributed by atoms with Gasteiger partial charge in [0.25, 0.3) is 0 Å². The molecule has 0 spiro atoms. The first-order valence-electron chi connectivity index (χ1n) is 6.21. The van der Waals surface area contributed by atoms with E-state index in [1.54, 1.807) is 0 Å². The first-order valence-corrected chi connectivity index (χ1v) is 6.21. The van der Waals surface area contributed by atoms with Gasteiger partial charge >= 0.3 is 6.01 Å². The summed E-state index contributed by atoms with van der Waals surface area (Å²) in [5.74, 6) is 0.667. The zero-order chi connectivity index (χ0) is 12.3. The third-order valence-electron chi connectivity index (χ3n) is 3.08. The minimum Gasteiger partial charge on any atom is -0.406 e. The van der Waals surface area contributed by atoms with E-state index in [2.05, 4.69) is 39.3 Å². The number of aromatic nitrogens is 2. The van der Waals surface area contributed by atoms with Crippen LogP contribution in [0, 0.1) is 0 Å². The van der Waals surface area contributed by atoms with Crippen LogP contribution in [-0.2, 0) is 0 Å². The minimum atomic E-state index is 0.119. The maximum Gasteiger partial charge on any atom is 0.318 e. The molecule has 1 aliphatic heterocycles. The summed E-state index contributed by atoms with van der Waals surface area (Å²) in [6.07, 6.45) is 0. The van der Waals surface area contributed by atoms with Gasteiger partial charge in [0.15, 0.2) is 0 Å². The number of piperazine rings is 1. The summed E-state index contributed by atoms with van der Waals surface area (Å²) in [5, 5.41) is 11.5. The summed E-state index contributed by atoms with van der Waals surface area (Å²) in [7, 11) is 2.13. The number of nitrogens with one attached hydrogen (secondary N) is 1. The van der Waals surface area contributed by atoms with Crippen LogP contribution in [0.15, 0.2) is 4.42 Å². The van der Waals surface area contributed by atoms with Gasteiger partial charge in [-0.2, -0.15) is 0 Å². The molecule has 96 valence electrons. The third-order valence-corrected chi connectivity index (χ3v) is 3.08. The molecule has 1 saturated heterocycles. The van der Waals surface area contributed by atoms with E-state index in [9.17, 15) is 0 Å². The smallest absolute Gasteiger partial charge is 0.318 e. The Labute approximate surface area is 102 Å². The molecule has 6 heteroatoms. The van der Waals surface area contributed by atoms with E-state index in [1.165, 1.54) is 0 Å². The zero-order valence-electron chi connectivity index (χ0n) is 10.8. The second-order valence-electron chi connectivity index (χ2n) is 4.49. The Morgan fingerprint density at radius 3 is 2.65 bits per heavy atom. The van der Waals surface area contributed by atoms with E-state index in [-0.39, 0.29) is 6.04 Å². The van der Waals surface area contributed by atoms with Crippen molar-refractivity contribution in [2.75, 3.05) is 44.7 Å². The van der Waals surface area contributed by atoms with Gasteiger partial charge in [-0.3, -0.25) is 0 Å². The maximum atomic E-state index is 5.70. The first kappa shape index (κ1) is 12.3. The van der Waals surface area contributed by atoms with Gasteiger partial charge in [-0.15, -0.1) is 5.10 Å². The largest absolute Gasteiger partial charge is 0.406 e. The fraction of sp³-hybridized carbons (Fsp3) is 0.818. The standard InChI is InChI=1S/C11H21N5O/c1-4-12-9(2)10-13-14-11(17-10)16-7-5-15(3)6-8-16/h9,12H,4-8H2,1-3H3. The molecule has 17 heavy (non-hydrogen) atoms. The van der Waals surface area contributed by atoms with Gasteiger partial charge in [0.05, 0.1) is 6.04 Å². The van der Waals surface area contributed by atoms with Crippen molar-refractivity contribution in [2.45, 2.75) is 19.9 Å². The third kappa shape index (κ3) is 2.95. The normalized spacial score (nSPS) is 19.6. The molecule has 6 nitrogen and oxygen atoms in total. The Kier molecular flexibility index (Phi) is 3.96. The average Bonchev–Trinajstić information content (AvgIpc) is 2.80. The van der Waals surface area contributed by atoms with E-state index in [4.69, 9.17) is 4.42 Å². The lowest BCUT2D eigenvalue weighted by Crippen LogP contribution is -2.44. The molecule has 0 aliphatic carbocycles. The highest BCUT2D eigenvalue weighted by molar-refractivity contribution is 5.25. The molecule has 2 rings (SSSR count). The molecule has 0 bridgehead atoms.